The lowest BCUT2D eigenvalue weighted by Gasteiger charge is -2.46. The van der Waals surface area contributed by atoms with Crippen molar-refractivity contribution < 1.29 is 43.2 Å². The number of pyridine rings is 1. The molecule has 330 valence electrons. The number of cyclic esters (lactones) is 1. The minimum Gasteiger partial charge on any atom is -0.458 e. The van der Waals surface area contributed by atoms with E-state index < -0.39 is 65.7 Å². The Balaban J connectivity index is 1.35. The number of aryl methyl sites for hydroxylation is 1. The summed E-state index contributed by atoms with van der Waals surface area (Å²) >= 11 is 0. The van der Waals surface area contributed by atoms with E-state index in [0.717, 1.165) is 18.5 Å². The topological polar surface area (TPSA) is 180 Å². The molecule has 3 saturated heterocycles. The quantitative estimate of drug-likeness (QED) is 0.174. The predicted octanol–water partition coefficient (Wildman–Crippen LogP) is 4.49. The SMILES string of the molecule is CC[C@H]1OC(=O)[C@H](C)C(=O)[C@@H](C)[C@@H](O[C@@H]2OC(C)CC(N(C)C)C2O)[C@](C)(OC)C[C@@H](C)CN[C@H](C)[C@H]2N(CCCCCn3cc(-c4ccccn4)nn3)C(=O)O[C@]12C. The lowest BCUT2D eigenvalue weighted by atomic mass is 9.78. The highest BCUT2D eigenvalue weighted by Crippen LogP contribution is 2.40. The molecule has 0 radical (unpaired) electrons. The largest absolute Gasteiger partial charge is 0.458 e. The summed E-state index contributed by atoms with van der Waals surface area (Å²) in [5.74, 6) is -3.13. The number of esters is 1. The number of rotatable bonds is 12. The Hall–Kier alpha value is -3.54. The van der Waals surface area contributed by atoms with Crippen LogP contribution in [0.4, 0.5) is 4.79 Å². The highest BCUT2D eigenvalue weighted by Gasteiger charge is 2.58. The van der Waals surface area contributed by atoms with E-state index in [-0.39, 0.29) is 29.9 Å². The number of ether oxygens (including phenoxy) is 5. The number of aliphatic hydroxyl groups excluding tert-OH is 1. The Bertz CT molecular complexity index is 1700. The van der Waals surface area contributed by atoms with Crippen molar-refractivity contribution in [1.82, 2.24) is 35.1 Å². The van der Waals surface area contributed by atoms with Crippen molar-refractivity contribution in [2.75, 3.05) is 34.3 Å². The van der Waals surface area contributed by atoms with E-state index in [1.807, 2.05) is 82.7 Å². The average molecular weight is 828 g/mol. The van der Waals surface area contributed by atoms with Gasteiger partial charge in [-0.2, -0.15) is 0 Å². The number of unbranched alkanes of at least 4 members (excludes halogenated alkanes) is 2. The van der Waals surface area contributed by atoms with Gasteiger partial charge in [-0.05, 0) is 112 Å². The highest BCUT2D eigenvalue weighted by molar-refractivity contribution is 6.00. The van der Waals surface area contributed by atoms with Gasteiger partial charge in [0.25, 0.3) is 0 Å². The molecule has 0 aliphatic carbocycles. The van der Waals surface area contributed by atoms with Gasteiger partial charge in [0.1, 0.15) is 23.8 Å². The van der Waals surface area contributed by atoms with Crippen LogP contribution in [0.1, 0.15) is 93.9 Å². The second-order valence-corrected chi connectivity index (χ2v) is 17.7. The number of hydrogen-bond acceptors (Lipinski definition) is 14. The van der Waals surface area contributed by atoms with Crippen molar-refractivity contribution in [2.45, 2.75) is 160 Å². The first-order chi connectivity index (χ1) is 27.9. The second kappa shape index (κ2) is 19.9. The maximum Gasteiger partial charge on any atom is 0.410 e. The summed E-state index contributed by atoms with van der Waals surface area (Å²) < 4.78 is 33.3. The fraction of sp³-hybridized carbons (Fsp3) is 0.767. The molecule has 0 bridgehead atoms. The summed E-state index contributed by atoms with van der Waals surface area (Å²) in [5.41, 5.74) is -0.770. The zero-order valence-corrected chi connectivity index (χ0v) is 37.0. The van der Waals surface area contributed by atoms with Gasteiger partial charge in [-0.25, -0.2) is 4.79 Å². The van der Waals surface area contributed by atoms with Crippen LogP contribution in [-0.4, -0.2) is 147 Å². The van der Waals surface area contributed by atoms with E-state index >= 15 is 0 Å². The van der Waals surface area contributed by atoms with Crippen LogP contribution in [0.3, 0.4) is 0 Å². The van der Waals surface area contributed by atoms with Crippen LogP contribution < -0.4 is 5.32 Å². The van der Waals surface area contributed by atoms with Gasteiger partial charge < -0.3 is 39.0 Å². The maximum atomic E-state index is 14.4. The van der Waals surface area contributed by atoms with Crippen LogP contribution in [0.25, 0.3) is 11.4 Å². The van der Waals surface area contributed by atoms with Crippen molar-refractivity contribution in [3.8, 4) is 11.4 Å². The molecule has 2 aromatic rings. The fourth-order valence-corrected chi connectivity index (χ4v) is 9.43. The monoisotopic (exact) mass is 828 g/mol. The van der Waals surface area contributed by atoms with Gasteiger partial charge in [0.2, 0.25) is 0 Å². The van der Waals surface area contributed by atoms with E-state index in [1.165, 1.54) is 0 Å². The summed E-state index contributed by atoms with van der Waals surface area (Å²) in [7, 11) is 5.40. The molecule has 3 aliphatic rings. The molecule has 5 heterocycles. The first kappa shape index (κ1) is 46.5. The molecule has 3 unspecified atom stereocenters. The van der Waals surface area contributed by atoms with Crippen molar-refractivity contribution in [1.29, 1.82) is 0 Å². The highest BCUT2D eigenvalue weighted by atomic mass is 16.7. The summed E-state index contributed by atoms with van der Waals surface area (Å²) in [6.45, 7) is 16.6. The molecule has 13 atom stereocenters. The number of carbonyl (C=O) groups is 3. The minimum absolute atomic E-state index is 0.00319. The molecular formula is C43H69N7O9. The van der Waals surface area contributed by atoms with Crippen LogP contribution in [-0.2, 0) is 39.8 Å². The number of methoxy groups -OCH3 is 1. The number of fused-ring (bicyclic) bond motifs is 1. The van der Waals surface area contributed by atoms with Crippen LogP contribution in [0.2, 0.25) is 0 Å². The number of aromatic nitrogens is 4. The molecule has 3 fully saturated rings. The maximum absolute atomic E-state index is 14.4. The van der Waals surface area contributed by atoms with Crippen molar-refractivity contribution in [3.05, 3.63) is 30.6 Å². The van der Waals surface area contributed by atoms with E-state index in [9.17, 15) is 19.5 Å². The summed E-state index contributed by atoms with van der Waals surface area (Å²) in [4.78, 5) is 50.2. The number of aliphatic hydroxyl groups is 1. The number of Topliss-reactive ketones (excluding diaryl/α,β-unsaturated/α-hetero) is 1. The number of ketones is 1. The number of hydrogen-bond donors (Lipinski definition) is 2. The normalized spacial score (nSPS) is 36.5. The molecule has 1 amide bonds. The smallest absolute Gasteiger partial charge is 0.410 e. The zero-order valence-electron chi connectivity index (χ0n) is 37.0. The zero-order chi connectivity index (χ0) is 43.2. The van der Waals surface area contributed by atoms with E-state index in [4.69, 9.17) is 23.7 Å². The third-order valence-electron chi connectivity index (χ3n) is 12.8. The average Bonchev–Trinajstić information content (AvgIpc) is 3.79. The van der Waals surface area contributed by atoms with Crippen LogP contribution >= 0.6 is 0 Å². The second-order valence-electron chi connectivity index (χ2n) is 17.7. The fourth-order valence-electron chi connectivity index (χ4n) is 9.43. The number of likely N-dealkylation sites (N-methyl/N-ethyl adjacent to an activating group) is 1. The molecule has 0 aromatic carbocycles. The molecule has 3 aliphatic heterocycles. The number of carbonyl (C=O) groups excluding carboxylic acids is 3. The molecular weight excluding hydrogens is 759 g/mol. The van der Waals surface area contributed by atoms with Gasteiger partial charge in [-0.15, -0.1) is 5.10 Å². The van der Waals surface area contributed by atoms with Gasteiger partial charge in [0, 0.05) is 44.4 Å². The van der Waals surface area contributed by atoms with E-state index in [0.29, 0.717) is 51.0 Å². The van der Waals surface area contributed by atoms with Gasteiger partial charge in [-0.3, -0.25) is 24.2 Å². The van der Waals surface area contributed by atoms with E-state index in [2.05, 4.69) is 27.5 Å². The van der Waals surface area contributed by atoms with Gasteiger partial charge >= 0.3 is 12.1 Å². The molecule has 5 rings (SSSR count). The van der Waals surface area contributed by atoms with Crippen LogP contribution in [0.5, 0.6) is 0 Å². The van der Waals surface area contributed by atoms with Crippen LogP contribution in [0.15, 0.2) is 30.6 Å². The summed E-state index contributed by atoms with van der Waals surface area (Å²) in [6.07, 6.45) is 3.00. The first-order valence-electron chi connectivity index (χ1n) is 21.4. The summed E-state index contributed by atoms with van der Waals surface area (Å²) in [5, 5.41) is 23.7. The third kappa shape index (κ3) is 10.5. The molecule has 59 heavy (non-hydrogen) atoms. The molecule has 2 aromatic heterocycles. The molecule has 2 N–H and O–H groups in total. The lowest BCUT2D eigenvalue weighted by molar-refractivity contribution is -0.295. The standard InChI is InChI=1S/C43H69N7O9/c1-12-34-43(8)37(50(41(54)59-43)21-17-13-16-20-49-25-32(46-47-49)31-18-14-15-19-44-31)30(6)45-24-26(2)23-42(7,55-11)38(28(4)35(51)29(5)39(53)57-34)58-40-36(52)33(48(9)10)22-27(3)56-40/h14-15,18-19,25-30,33-34,36-38,40,45,52H,12-13,16-17,20-24H2,1-11H3/t26-,27?,28-,29-,30-,33?,34-,36?,37-,38-,40+,42-,43-/m1/s1. The number of nitrogens with zero attached hydrogens (tertiary/aromatic N) is 6. The summed E-state index contributed by atoms with van der Waals surface area (Å²) in [6, 6.07) is 4.67. The van der Waals surface area contributed by atoms with Gasteiger partial charge in [-0.1, -0.05) is 32.1 Å². The predicted molar refractivity (Wildman–Crippen MR) is 220 cm³/mol. The molecule has 16 nitrogen and oxygen atoms in total. The minimum atomic E-state index is -1.21. The molecule has 0 saturated carbocycles. The number of nitrogens with one attached hydrogen (secondary N) is 1. The Morgan fingerprint density at radius 2 is 1.76 bits per heavy atom. The van der Waals surface area contributed by atoms with Crippen LogP contribution in [0, 0.1) is 17.8 Å². The Kier molecular flexibility index (Phi) is 15.7. The van der Waals surface area contributed by atoms with Crippen molar-refractivity contribution >= 4 is 17.8 Å². The lowest BCUT2D eigenvalue weighted by Crippen LogP contribution is -2.61. The Labute approximate surface area is 350 Å². The Morgan fingerprint density at radius 3 is 2.42 bits per heavy atom. The van der Waals surface area contributed by atoms with Crippen molar-refractivity contribution in [3.63, 3.8) is 0 Å². The van der Waals surface area contributed by atoms with E-state index in [1.54, 1.807) is 32.1 Å². The van der Waals surface area contributed by atoms with Gasteiger partial charge in [0.05, 0.1) is 35.7 Å². The van der Waals surface area contributed by atoms with Gasteiger partial charge in [0.15, 0.2) is 17.7 Å². The van der Waals surface area contributed by atoms with Crippen molar-refractivity contribution in [2.24, 2.45) is 17.8 Å². The number of amides is 1. The molecule has 0 spiro atoms. The molecule has 16 heteroatoms. The third-order valence-corrected chi connectivity index (χ3v) is 12.8. The first-order valence-corrected chi connectivity index (χ1v) is 21.4. The Morgan fingerprint density at radius 1 is 1.03 bits per heavy atom.